The maximum atomic E-state index is 14.7. The number of likely N-dealkylation sites (N-methyl/N-ethyl adjacent to an activating group) is 2. The lowest BCUT2D eigenvalue weighted by atomic mass is 9.74. The van der Waals surface area contributed by atoms with Gasteiger partial charge in [-0.05, 0) is 48.8 Å². The van der Waals surface area contributed by atoms with Crippen molar-refractivity contribution >= 4 is 29.3 Å². The molecule has 4 atom stereocenters. The smallest absolute Gasteiger partial charge is 0.320 e. The van der Waals surface area contributed by atoms with Crippen LogP contribution in [0.2, 0.25) is 5.02 Å². The van der Waals surface area contributed by atoms with E-state index in [1.165, 1.54) is 0 Å². The third-order valence-corrected chi connectivity index (χ3v) is 9.91. The Morgan fingerprint density at radius 1 is 1.08 bits per heavy atom. The van der Waals surface area contributed by atoms with Gasteiger partial charge in [-0.1, -0.05) is 51.4 Å². The van der Waals surface area contributed by atoms with Gasteiger partial charge in [0.15, 0.2) is 0 Å². The van der Waals surface area contributed by atoms with Crippen molar-refractivity contribution in [3.8, 4) is 0 Å². The van der Waals surface area contributed by atoms with E-state index in [0.717, 1.165) is 31.2 Å². The fourth-order valence-electron chi connectivity index (χ4n) is 7.32. The maximum absolute atomic E-state index is 14.7. The van der Waals surface area contributed by atoms with Crippen LogP contribution in [-0.2, 0) is 14.4 Å². The molecule has 2 saturated heterocycles. The number of quaternary nitrogens is 1. The summed E-state index contributed by atoms with van der Waals surface area (Å²) < 4.78 is -0.0680. The molecule has 8 heteroatoms. The van der Waals surface area contributed by atoms with E-state index >= 15 is 0 Å². The number of hydrogen-bond donors (Lipinski definition) is 2. The summed E-state index contributed by atoms with van der Waals surface area (Å²) in [6.07, 6.45) is 4.87. The van der Waals surface area contributed by atoms with Gasteiger partial charge in [0.2, 0.25) is 5.91 Å². The number of hydrogen-bond acceptors (Lipinski definition) is 4. The molecule has 0 aromatic heterocycles. The molecule has 1 aromatic rings. The van der Waals surface area contributed by atoms with Gasteiger partial charge in [0.25, 0.3) is 5.66 Å². The van der Waals surface area contributed by atoms with Gasteiger partial charge in [0.1, 0.15) is 0 Å². The highest BCUT2D eigenvalue weighted by molar-refractivity contribution is 6.30. The third-order valence-electron chi connectivity index (χ3n) is 9.66. The lowest BCUT2D eigenvalue weighted by Gasteiger charge is -2.53. The Balaban J connectivity index is 1.79. The van der Waals surface area contributed by atoms with Gasteiger partial charge in [-0.3, -0.25) is 14.5 Å². The van der Waals surface area contributed by atoms with E-state index in [4.69, 9.17) is 11.6 Å². The molecule has 2 aliphatic heterocycles. The van der Waals surface area contributed by atoms with E-state index in [0.29, 0.717) is 37.5 Å². The van der Waals surface area contributed by atoms with Crippen molar-refractivity contribution in [1.82, 2.24) is 15.5 Å². The highest BCUT2D eigenvalue weighted by atomic mass is 35.5. The molecule has 3 fully saturated rings. The number of nitrogens with zero attached hydrogens (tertiary/aromatic N) is 2. The van der Waals surface area contributed by atoms with Crippen molar-refractivity contribution in [1.29, 1.82) is 0 Å². The molecular formula is C30H46ClN4O3+. The van der Waals surface area contributed by atoms with Crippen LogP contribution in [0.3, 0.4) is 0 Å². The highest BCUT2D eigenvalue weighted by Gasteiger charge is 2.68. The molecule has 1 aromatic carbocycles. The fourth-order valence-corrected chi connectivity index (χ4v) is 7.45. The van der Waals surface area contributed by atoms with Crippen LogP contribution >= 0.6 is 11.6 Å². The number of benzene rings is 1. The second-order valence-corrected chi connectivity index (χ2v) is 13.4. The van der Waals surface area contributed by atoms with Gasteiger partial charge in [0.05, 0.1) is 19.5 Å². The van der Waals surface area contributed by atoms with Crippen LogP contribution in [0.5, 0.6) is 0 Å². The standard InChI is InChI=1S/C30H45ClN4O3/c1-20(2)26(36)34(23-12-15-29(3,4)16-13-23)30(28(38)32-5)14-7-17-35(30,6)27(37)25-19-33-18-24(25)21-8-10-22(31)11-9-21/h8-11,20,23-25,33H,7,12-19H2,1-6H3/p+1/t24-,25+,30-,35?/m0/s1. The molecule has 1 aliphatic carbocycles. The molecule has 4 rings (SSSR count). The molecule has 2 N–H and O–H groups in total. The Bertz CT molecular complexity index is 1050. The minimum atomic E-state index is -1.26. The molecule has 210 valence electrons. The van der Waals surface area contributed by atoms with Crippen LogP contribution in [0, 0.1) is 17.3 Å². The zero-order valence-electron chi connectivity index (χ0n) is 24.0. The summed E-state index contributed by atoms with van der Waals surface area (Å²) in [6.45, 7) is 10.1. The normalized spacial score (nSPS) is 31.4. The number of halogens is 1. The van der Waals surface area contributed by atoms with Gasteiger partial charge in [-0.15, -0.1) is 0 Å². The summed E-state index contributed by atoms with van der Waals surface area (Å²) in [4.78, 5) is 44.8. The third kappa shape index (κ3) is 4.90. The van der Waals surface area contributed by atoms with Crippen LogP contribution in [0.4, 0.5) is 0 Å². The first-order valence-corrected chi connectivity index (χ1v) is 14.7. The summed E-state index contributed by atoms with van der Waals surface area (Å²) >= 11 is 6.15. The molecule has 7 nitrogen and oxygen atoms in total. The number of likely N-dealkylation sites (tertiary alicyclic amines) is 1. The average Bonchev–Trinajstić information content (AvgIpc) is 3.50. The number of amides is 3. The maximum Gasteiger partial charge on any atom is 0.320 e. The van der Waals surface area contributed by atoms with E-state index < -0.39 is 5.66 Å². The lowest BCUT2D eigenvalue weighted by molar-refractivity contribution is -0.878. The van der Waals surface area contributed by atoms with Gasteiger partial charge in [0, 0.05) is 55.9 Å². The topological polar surface area (TPSA) is 78.5 Å². The quantitative estimate of drug-likeness (QED) is 0.522. The van der Waals surface area contributed by atoms with Crippen molar-refractivity contribution in [2.45, 2.75) is 83.8 Å². The summed E-state index contributed by atoms with van der Waals surface area (Å²) in [5.41, 5.74) is 0.0273. The van der Waals surface area contributed by atoms with Crippen LogP contribution < -0.4 is 10.6 Å². The summed E-state index contributed by atoms with van der Waals surface area (Å²) in [5, 5.41) is 6.99. The van der Waals surface area contributed by atoms with Gasteiger partial charge < -0.3 is 10.6 Å². The second-order valence-electron chi connectivity index (χ2n) is 12.9. The zero-order chi connectivity index (χ0) is 27.9. The van der Waals surface area contributed by atoms with Crippen molar-refractivity contribution in [3.05, 3.63) is 34.9 Å². The largest absolute Gasteiger partial charge is 0.352 e. The Kier molecular flexibility index (Phi) is 8.33. The number of nitrogens with one attached hydrogen (secondary N) is 2. The number of carbonyl (C=O) groups is 3. The number of carbonyl (C=O) groups excluding carboxylic acids is 3. The highest BCUT2D eigenvalue weighted by Crippen LogP contribution is 2.47. The monoisotopic (exact) mass is 545 g/mol. The van der Waals surface area contributed by atoms with Gasteiger partial charge >= 0.3 is 11.8 Å². The summed E-state index contributed by atoms with van der Waals surface area (Å²) in [6, 6.07) is 7.66. The molecule has 0 bridgehead atoms. The van der Waals surface area contributed by atoms with Crippen molar-refractivity contribution < 1.29 is 18.9 Å². The van der Waals surface area contributed by atoms with Crippen LogP contribution in [-0.4, -0.2) is 72.5 Å². The minimum absolute atomic E-state index is 0.0116. The van der Waals surface area contributed by atoms with E-state index in [9.17, 15) is 14.4 Å². The second kappa shape index (κ2) is 10.9. The van der Waals surface area contributed by atoms with E-state index in [2.05, 4.69) is 24.5 Å². The van der Waals surface area contributed by atoms with Crippen molar-refractivity contribution in [2.75, 3.05) is 33.7 Å². The van der Waals surface area contributed by atoms with Crippen LogP contribution in [0.15, 0.2) is 24.3 Å². The van der Waals surface area contributed by atoms with Crippen LogP contribution in [0.1, 0.15) is 77.7 Å². The van der Waals surface area contributed by atoms with E-state index in [-0.39, 0.29) is 51.4 Å². The molecular weight excluding hydrogens is 500 g/mol. The van der Waals surface area contributed by atoms with Gasteiger partial charge in [-0.2, -0.15) is 0 Å². The van der Waals surface area contributed by atoms with Crippen LogP contribution in [0.25, 0.3) is 0 Å². The Labute approximate surface area is 233 Å². The molecule has 1 unspecified atom stereocenters. The van der Waals surface area contributed by atoms with Gasteiger partial charge in [-0.25, -0.2) is 9.28 Å². The first-order valence-electron chi connectivity index (χ1n) is 14.3. The molecule has 3 aliphatic rings. The Morgan fingerprint density at radius 2 is 1.71 bits per heavy atom. The predicted molar refractivity (Wildman–Crippen MR) is 150 cm³/mol. The van der Waals surface area contributed by atoms with Crippen molar-refractivity contribution in [2.24, 2.45) is 17.3 Å². The Hall–Kier alpha value is -1.96. The average molecular weight is 546 g/mol. The molecule has 2 heterocycles. The number of rotatable bonds is 6. The summed E-state index contributed by atoms with van der Waals surface area (Å²) in [5.74, 6) is -0.804. The lowest BCUT2D eigenvalue weighted by Crippen LogP contribution is -2.78. The Morgan fingerprint density at radius 3 is 2.29 bits per heavy atom. The molecule has 1 saturated carbocycles. The first-order chi connectivity index (χ1) is 17.9. The minimum Gasteiger partial charge on any atom is -0.352 e. The van der Waals surface area contributed by atoms with E-state index in [1.54, 1.807) is 7.05 Å². The fraction of sp³-hybridized carbons (Fsp3) is 0.700. The zero-order valence-corrected chi connectivity index (χ0v) is 24.7. The van der Waals surface area contributed by atoms with E-state index in [1.807, 2.05) is 50.1 Å². The molecule has 38 heavy (non-hydrogen) atoms. The first kappa shape index (κ1) is 29.0. The predicted octanol–water partition coefficient (Wildman–Crippen LogP) is 4.31. The molecule has 3 amide bonds. The summed E-state index contributed by atoms with van der Waals surface area (Å²) in [7, 11) is 3.54. The SMILES string of the molecule is CNC(=O)[C@]1(N(C(=O)C(C)C)C2CCC(C)(C)CC2)CCC[N+]1(C)C(=O)[C@@H]1CNC[C@H]1c1ccc(Cl)cc1. The van der Waals surface area contributed by atoms with Crippen molar-refractivity contribution in [3.63, 3.8) is 0 Å². The molecule has 0 spiro atoms. The molecule has 0 radical (unpaired) electrons.